The highest BCUT2D eigenvalue weighted by atomic mass is 16.1. The maximum atomic E-state index is 11.8. The first-order valence-electron chi connectivity index (χ1n) is 6.82. The lowest BCUT2D eigenvalue weighted by molar-refractivity contribution is -0.122. The first kappa shape index (κ1) is 10.7. The molecule has 0 aromatic rings. The van der Waals surface area contributed by atoms with Gasteiger partial charge in [-0.05, 0) is 32.2 Å². The number of rotatable bonds is 3. The molecule has 0 radical (unpaired) electrons. The SMILES string of the molecule is O=C(CN1CCN2CCCCC2C1)C1CC1. The summed E-state index contributed by atoms with van der Waals surface area (Å²) < 4.78 is 0. The maximum Gasteiger partial charge on any atom is 0.149 e. The first-order valence-corrected chi connectivity index (χ1v) is 6.82. The van der Waals surface area contributed by atoms with Crippen LogP contribution in [0.3, 0.4) is 0 Å². The van der Waals surface area contributed by atoms with Crippen molar-refractivity contribution in [1.82, 2.24) is 9.80 Å². The van der Waals surface area contributed by atoms with E-state index in [0.29, 0.717) is 11.7 Å². The summed E-state index contributed by atoms with van der Waals surface area (Å²) in [5.74, 6) is 0.939. The molecule has 3 aliphatic rings. The van der Waals surface area contributed by atoms with Crippen molar-refractivity contribution in [2.24, 2.45) is 5.92 Å². The second kappa shape index (κ2) is 4.46. The molecule has 3 rings (SSSR count). The smallest absolute Gasteiger partial charge is 0.149 e. The van der Waals surface area contributed by atoms with Crippen LogP contribution in [0.1, 0.15) is 32.1 Å². The molecule has 0 N–H and O–H groups in total. The summed E-state index contributed by atoms with van der Waals surface area (Å²) in [7, 11) is 0. The van der Waals surface area contributed by atoms with Crippen molar-refractivity contribution in [2.75, 3.05) is 32.7 Å². The van der Waals surface area contributed by atoms with Crippen LogP contribution in [0.15, 0.2) is 0 Å². The van der Waals surface area contributed by atoms with Crippen molar-refractivity contribution in [2.45, 2.75) is 38.1 Å². The number of carbonyl (C=O) groups is 1. The van der Waals surface area contributed by atoms with Gasteiger partial charge in [-0.1, -0.05) is 6.42 Å². The Labute approximate surface area is 97.8 Å². The van der Waals surface area contributed by atoms with E-state index in [2.05, 4.69) is 9.80 Å². The van der Waals surface area contributed by atoms with Crippen molar-refractivity contribution >= 4 is 5.78 Å². The highest BCUT2D eigenvalue weighted by molar-refractivity contribution is 5.85. The molecule has 2 saturated heterocycles. The van der Waals surface area contributed by atoms with Gasteiger partial charge in [0.1, 0.15) is 5.78 Å². The number of piperazine rings is 1. The third kappa shape index (κ3) is 2.30. The molecule has 0 aromatic heterocycles. The molecule has 0 aromatic carbocycles. The number of fused-ring (bicyclic) bond motifs is 1. The summed E-state index contributed by atoms with van der Waals surface area (Å²) in [6, 6.07) is 0.745. The van der Waals surface area contributed by atoms with Crippen molar-refractivity contribution in [3.8, 4) is 0 Å². The Kier molecular flexibility index (Phi) is 2.99. The molecule has 0 spiro atoms. The van der Waals surface area contributed by atoms with E-state index in [1.807, 2.05) is 0 Å². The van der Waals surface area contributed by atoms with Gasteiger partial charge in [0.2, 0.25) is 0 Å². The minimum atomic E-state index is 0.435. The normalized spacial score (nSPS) is 32.4. The largest absolute Gasteiger partial charge is 0.298 e. The van der Waals surface area contributed by atoms with E-state index in [1.54, 1.807) is 0 Å². The quantitative estimate of drug-likeness (QED) is 0.715. The molecule has 3 nitrogen and oxygen atoms in total. The predicted molar refractivity (Wildman–Crippen MR) is 63.4 cm³/mol. The van der Waals surface area contributed by atoms with E-state index in [9.17, 15) is 4.79 Å². The van der Waals surface area contributed by atoms with Crippen LogP contribution >= 0.6 is 0 Å². The summed E-state index contributed by atoms with van der Waals surface area (Å²) in [5.41, 5.74) is 0. The monoisotopic (exact) mass is 222 g/mol. The van der Waals surface area contributed by atoms with Crippen molar-refractivity contribution < 1.29 is 4.79 Å². The van der Waals surface area contributed by atoms with Crippen LogP contribution in [0, 0.1) is 5.92 Å². The van der Waals surface area contributed by atoms with E-state index in [0.717, 1.165) is 38.5 Å². The molecular weight excluding hydrogens is 200 g/mol. The lowest BCUT2D eigenvalue weighted by atomic mass is 9.99. The van der Waals surface area contributed by atoms with Crippen molar-refractivity contribution in [3.63, 3.8) is 0 Å². The molecule has 1 saturated carbocycles. The summed E-state index contributed by atoms with van der Waals surface area (Å²) >= 11 is 0. The zero-order valence-electron chi connectivity index (χ0n) is 10.0. The zero-order chi connectivity index (χ0) is 11.0. The molecule has 1 aliphatic carbocycles. The number of piperidine rings is 1. The molecule has 1 atom stereocenters. The second-order valence-corrected chi connectivity index (χ2v) is 5.66. The number of carbonyl (C=O) groups excluding carboxylic acids is 1. The maximum absolute atomic E-state index is 11.8. The molecule has 16 heavy (non-hydrogen) atoms. The Morgan fingerprint density at radius 3 is 2.75 bits per heavy atom. The van der Waals surface area contributed by atoms with E-state index in [1.165, 1.54) is 32.4 Å². The van der Waals surface area contributed by atoms with Crippen molar-refractivity contribution in [1.29, 1.82) is 0 Å². The van der Waals surface area contributed by atoms with Gasteiger partial charge in [-0.15, -0.1) is 0 Å². The fourth-order valence-electron chi connectivity index (χ4n) is 3.12. The summed E-state index contributed by atoms with van der Waals surface area (Å²) in [6.07, 6.45) is 6.40. The Balaban J connectivity index is 1.51. The molecule has 2 heterocycles. The predicted octanol–water partition coefficient (Wildman–Crippen LogP) is 1.14. The molecule has 3 heteroatoms. The molecule has 0 bridgehead atoms. The summed E-state index contributed by atoms with van der Waals surface area (Å²) in [6.45, 7) is 5.44. The molecule has 3 fully saturated rings. The van der Waals surface area contributed by atoms with Gasteiger partial charge in [-0.3, -0.25) is 14.6 Å². The van der Waals surface area contributed by atoms with E-state index < -0.39 is 0 Å². The number of hydrogen-bond acceptors (Lipinski definition) is 3. The lowest BCUT2D eigenvalue weighted by Gasteiger charge is -2.43. The number of nitrogens with zero attached hydrogens (tertiary/aromatic N) is 2. The van der Waals surface area contributed by atoms with Gasteiger partial charge in [0.25, 0.3) is 0 Å². The van der Waals surface area contributed by atoms with Crippen LogP contribution in [-0.4, -0.2) is 54.3 Å². The molecule has 2 aliphatic heterocycles. The van der Waals surface area contributed by atoms with E-state index in [4.69, 9.17) is 0 Å². The van der Waals surface area contributed by atoms with Crippen LogP contribution < -0.4 is 0 Å². The highest BCUT2D eigenvalue weighted by Gasteiger charge is 2.33. The lowest BCUT2D eigenvalue weighted by Crippen LogP contribution is -2.55. The minimum absolute atomic E-state index is 0.435. The molecule has 1 unspecified atom stereocenters. The Hall–Kier alpha value is -0.410. The summed E-state index contributed by atoms with van der Waals surface area (Å²) in [4.78, 5) is 16.8. The van der Waals surface area contributed by atoms with Crippen LogP contribution in [0.25, 0.3) is 0 Å². The Bertz CT molecular complexity index is 275. The molecule has 0 amide bonds. The molecule has 90 valence electrons. The van der Waals surface area contributed by atoms with Gasteiger partial charge in [-0.2, -0.15) is 0 Å². The van der Waals surface area contributed by atoms with Crippen LogP contribution in [0.2, 0.25) is 0 Å². The first-order chi connectivity index (χ1) is 7.83. The summed E-state index contributed by atoms with van der Waals surface area (Å²) in [5, 5.41) is 0. The van der Waals surface area contributed by atoms with Crippen molar-refractivity contribution in [3.05, 3.63) is 0 Å². The minimum Gasteiger partial charge on any atom is -0.298 e. The van der Waals surface area contributed by atoms with Gasteiger partial charge < -0.3 is 0 Å². The van der Waals surface area contributed by atoms with Gasteiger partial charge in [0.15, 0.2) is 0 Å². The standard InChI is InChI=1S/C13H22N2O/c16-13(11-4-5-11)10-14-7-8-15-6-2-1-3-12(15)9-14/h11-12H,1-10H2. The van der Waals surface area contributed by atoms with E-state index in [-0.39, 0.29) is 0 Å². The zero-order valence-corrected chi connectivity index (χ0v) is 10.0. The number of hydrogen-bond donors (Lipinski definition) is 0. The Morgan fingerprint density at radius 1 is 1.06 bits per heavy atom. The Morgan fingerprint density at radius 2 is 1.94 bits per heavy atom. The molecular formula is C13H22N2O. The van der Waals surface area contributed by atoms with Gasteiger partial charge >= 0.3 is 0 Å². The topological polar surface area (TPSA) is 23.6 Å². The van der Waals surface area contributed by atoms with Gasteiger partial charge in [0.05, 0.1) is 6.54 Å². The van der Waals surface area contributed by atoms with Crippen LogP contribution in [0.4, 0.5) is 0 Å². The highest BCUT2D eigenvalue weighted by Crippen LogP contribution is 2.30. The fourth-order valence-corrected chi connectivity index (χ4v) is 3.12. The third-order valence-corrected chi connectivity index (χ3v) is 4.33. The second-order valence-electron chi connectivity index (χ2n) is 5.66. The number of Topliss-reactive ketones (excluding diaryl/α,β-unsaturated/α-hetero) is 1. The average Bonchev–Trinajstić information content (AvgIpc) is 3.12. The average molecular weight is 222 g/mol. The van der Waals surface area contributed by atoms with Gasteiger partial charge in [0, 0.05) is 31.6 Å². The van der Waals surface area contributed by atoms with E-state index >= 15 is 0 Å². The van der Waals surface area contributed by atoms with Gasteiger partial charge in [-0.25, -0.2) is 0 Å². The number of ketones is 1. The fraction of sp³-hybridized carbons (Fsp3) is 0.923. The van der Waals surface area contributed by atoms with Crippen LogP contribution in [-0.2, 0) is 4.79 Å². The van der Waals surface area contributed by atoms with Crippen LogP contribution in [0.5, 0.6) is 0 Å². The third-order valence-electron chi connectivity index (χ3n) is 4.33.